The van der Waals surface area contributed by atoms with E-state index in [4.69, 9.17) is 21.4 Å². The highest BCUT2D eigenvalue weighted by atomic mass is 32.1. The zero-order valence-electron chi connectivity index (χ0n) is 9.07. The minimum Gasteiger partial charge on any atom is -0.467 e. The van der Waals surface area contributed by atoms with Crippen LogP contribution in [0, 0.1) is 0 Å². The molecular formula is C11H16N2O2S. The molecule has 1 atom stereocenters. The second-order valence-electron chi connectivity index (χ2n) is 3.78. The Bertz CT molecular complexity index is 321. The van der Waals surface area contributed by atoms with Crippen LogP contribution in [0.1, 0.15) is 18.6 Å². The van der Waals surface area contributed by atoms with Crippen molar-refractivity contribution in [3.8, 4) is 0 Å². The molecule has 0 unspecified atom stereocenters. The molecule has 0 radical (unpaired) electrons. The van der Waals surface area contributed by atoms with Crippen molar-refractivity contribution >= 4 is 17.3 Å². The van der Waals surface area contributed by atoms with Crippen LogP contribution in [-0.4, -0.2) is 24.4 Å². The largest absolute Gasteiger partial charge is 0.467 e. The summed E-state index contributed by atoms with van der Waals surface area (Å²) in [6.07, 6.45) is 4.23. The number of furan rings is 1. The highest BCUT2D eigenvalue weighted by Gasteiger charge is 2.15. The summed E-state index contributed by atoms with van der Waals surface area (Å²) in [6, 6.07) is 3.77. The molecule has 0 saturated carbocycles. The minimum atomic E-state index is 0.309. The first-order chi connectivity index (χ1) is 7.84. The molecule has 1 fully saturated rings. The Morgan fingerprint density at radius 3 is 3.12 bits per heavy atom. The van der Waals surface area contributed by atoms with Gasteiger partial charge in [0.1, 0.15) is 5.76 Å². The quantitative estimate of drug-likeness (QED) is 0.779. The van der Waals surface area contributed by atoms with Gasteiger partial charge in [-0.1, -0.05) is 0 Å². The highest BCUT2D eigenvalue weighted by molar-refractivity contribution is 7.80. The lowest BCUT2D eigenvalue weighted by Crippen LogP contribution is -2.38. The standard InChI is InChI=1S/C11H16N2O2S/c16-11(12-7-9-3-1-5-14-9)13-8-10-4-2-6-15-10/h1,3,5,10H,2,4,6-8H2,(H2,12,13,16)/t10-/m0/s1. The molecule has 2 N–H and O–H groups in total. The van der Waals surface area contributed by atoms with Crippen molar-refractivity contribution in [3.63, 3.8) is 0 Å². The molecule has 0 aliphatic carbocycles. The number of ether oxygens (including phenoxy) is 1. The van der Waals surface area contributed by atoms with E-state index in [-0.39, 0.29) is 0 Å². The zero-order chi connectivity index (χ0) is 11.2. The molecule has 88 valence electrons. The van der Waals surface area contributed by atoms with Crippen molar-refractivity contribution in [2.45, 2.75) is 25.5 Å². The molecule has 1 aromatic heterocycles. The van der Waals surface area contributed by atoms with E-state index in [9.17, 15) is 0 Å². The summed E-state index contributed by atoms with van der Waals surface area (Å²) in [6.45, 7) is 2.27. The fourth-order valence-electron chi connectivity index (χ4n) is 1.65. The summed E-state index contributed by atoms with van der Waals surface area (Å²) in [5.74, 6) is 0.876. The third-order valence-corrected chi connectivity index (χ3v) is 2.81. The second kappa shape index (κ2) is 5.86. The Labute approximate surface area is 100 Å². The number of hydrogen-bond donors (Lipinski definition) is 2. The summed E-state index contributed by atoms with van der Waals surface area (Å²) in [5.41, 5.74) is 0. The van der Waals surface area contributed by atoms with Gasteiger partial charge < -0.3 is 19.8 Å². The Hall–Kier alpha value is -1.07. The van der Waals surface area contributed by atoms with E-state index in [1.54, 1.807) is 6.26 Å². The van der Waals surface area contributed by atoms with E-state index < -0.39 is 0 Å². The molecular weight excluding hydrogens is 224 g/mol. The number of nitrogens with one attached hydrogen (secondary N) is 2. The molecule has 0 aromatic carbocycles. The van der Waals surface area contributed by atoms with E-state index in [1.165, 1.54) is 0 Å². The van der Waals surface area contributed by atoms with Gasteiger partial charge in [0, 0.05) is 13.2 Å². The van der Waals surface area contributed by atoms with Crippen molar-refractivity contribution in [1.29, 1.82) is 0 Å². The SMILES string of the molecule is S=C(NCc1ccco1)NC[C@@H]1CCCO1. The van der Waals surface area contributed by atoms with Gasteiger partial charge in [-0.3, -0.25) is 0 Å². The number of thiocarbonyl (C=S) groups is 1. The average molecular weight is 240 g/mol. The van der Waals surface area contributed by atoms with Crippen molar-refractivity contribution in [2.24, 2.45) is 0 Å². The van der Waals surface area contributed by atoms with Crippen LogP contribution < -0.4 is 10.6 Å². The van der Waals surface area contributed by atoms with E-state index in [1.807, 2.05) is 12.1 Å². The number of hydrogen-bond acceptors (Lipinski definition) is 3. The lowest BCUT2D eigenvalue weighted by atomic mass is 10.2. The molecule has 0 bridgehead atoms. The van der Waals surface area contributed by atoms with Crippen molar-refractivity contribution in [3.05, 3.63) is 24.2 Å². The van der Waals surface area contributed by atoms with E-state index >= 15 is 0 Å². The first-order valence-corrected chi connectivity index (χ1v) is 5.91. The van der Waals surface area contributed by atoms with Gasteiger partial charge in [-0.15, -0.1) is 0 Å². The van der Waals surface area contributed by atoms with Gasteiger partial charge in [0.2, 0.25) is 0 Å². The maximum atomic E-state index is 5.49. The van der Waals surface area contributed by atoms with Crippen molar-refractivity contribution < 1.29 is 9.15 Å². The monoisotopic (exact) mass is 240 g/mol. The molecule has 1 saturated heterocycles. The summed E-state index contributed by atoms with van der Waals surface area (Å²) in [5, 5.41) is 6.87. The van der Waals surface area contributed by atoms with Gasteiger partial charge in [-0.25, -0.2) is 0 Å². The van der Waals surface area contributed by atoms with Crippen LogP contribution in [0.3, 0.4) is 0 Å². The molecule has 16 heavy (non-hydrogen) atoms. The van der Waals surface area contributed by atoms with E-state index in [0.29, 0.717) is 17.8 Å². The summed E-state index contributed by atoms with van der Waals surface area (Å²) >= 11 is 5.14. The van der Waals surface area contributed by atoms with Crippen molar-refractivity contribution in [2.75, 3.05) is 13.2 Å². The van der Waals surface area contributed by atoms with Gasteiger partial charge in [-0.05, 0) is 37.2 Å². The second-order valence-corrected chi connectivity index (χ2v) is 4.19. The van der Waals surface area contributed by atoms with Gasteiger partial charge in [0.15, 0.2) is 5.11 Å². The van der Waals surface area contributed by atoms with Crippen LogP contribution >= 0.6 is 12.2 Å². The molecule has 0 amide bonds. The first kappa shape index (κ1) is 11.4. The zero-order valence-corrected chi connectivity index (χ0v) is 9.89. The van der Waals surface area contributed by atoms with Gasteiger partial charge in [0.25, 0.3) is 0 Å². The minimum absolute atomic E-state index is 0.309. The van der Waals surface area contributed by atoms with E-state index in [2.05, 4.69) is 10.6 Å². The van der Waals surface area contributed by atoms with Gasteiger partial charge in [-0.2, -0.15) is 0 Å². The molecule has 5 heteroatoms. The smallest absolute Gasteiger partial charge is 0.166 e. The van der Waals surface area contributed by atoms with Crippen LogP contribution in [0.2, 0.25) is 0 Å². The Kier molecular flexibility index (Phi) is 4.18. The summed E-state index contributed by atoms with van der Waals surface area (Å²) in [7, 11) is 0. The highest BCUT2D eigenvalue weighted by Crippen LogP contribution is 2.10. The summed E-state index contributed by atoms with van der Waals surface area (Å²) < 4.78 is 10.7. The number of rotatable bonds is 4. The first-order valence-electron chi connectivity index (χ1n) is 5.50. The average Bonchev–Trinajstić information content (AvgIpc) is 2.96. The third kappa shape index (κ3) is 3.50. The predicted molar refractivity (Wildman–Crippen MR) is 65.1 cm³/mol. The predicted octanol–water partition coefficient (Wildman–Crippen LogP) is 1.42. The van der Waals surface area contributed by atoms with Crippen LogP contribution in [0.4, 0.5) is 0 Å². The Morgan fingerprint density at radius 2 is 2.44 bits per heavy atom. The molecule has 1 aromatic rings. The van der Waals surface area contributed by atoms with Crippen LogP contribution in [0.25, 0.3) is 0 Å². The lowest BCUT2D eigenvalue weighted by Gasteiger charge is -2.13. The lowest BCUT2D eigenvalue weighted by molar-refractivity contribution is 0.114. The topological polar surface area (TPSA) is 46.4 Å². The van der Waals surface area contributed by atoms with Crippen LogP contribution in [0.5, 0.6) is 0 Å². The Balaban J connectivity index is 1.60. The maximum Gasteiger partial charge on any atom is 0.166 e. The third-order valence-electron chi connectivity index (χ3n) is 2.52. The van der Waals surface area contributed by atoms with E-state index in [0.717, 1.165) is 31.8 Å². The van der Waals surface area contributed by atoms with Crippen LogP contribution in [-0.2, 0) is 11.3 Å². The van der Waals surface area contributed by atoms with Crippen LogP contribution in [0.15, 0.2) is 22.8 Å². The van der Waals surface area contributed by atoms with Gasteiger partial charge in [0.05, 0.1) is 18.9 Å². The Morgan fingerprint density at radius 1 is 1.50 bits per heavy atom. The van der Waals surface area contributed by atoms with Crippen molar-refractivity contribution in [1.82, 2.24) is 10.6 Å². The molecule has 2 heterocycles. The fraction of sp³-hybridized carbons (Fsp3) is 0.545. The maximum absolute atomic E-state index is 5.49. The molecule has 0 spiro atoms. The molecule has 4 nitrogen and oxygen atoms in total. The van der Waals surface area contributed by atoms with Gasteiger partial charge >= 0.3 is 0 Å². The molecule has 1 aliphatic rings. The fourth-order valence-corrected chi connectivity index (χ4v) is 1.81. The molecule has 2 rings (SSSR count). The summed E-state index contributed by atoms with van der Waals surface area (Å²) in [4.78, 5) is 0. The normalized spacial score (nSPS) is 19.6. The molecule has 1 aliphatic heterocycles.